The molecule has 2 nitrogen and oxygen atoms in total. The van der Waals surface area contributed by atoms with Crippen molar-refractivity contribution in [3.05, 3.63) is 170 Å². The van der Waals surface area contributed by atoms with Gasteiger partial charge in [-0.25, -0.2) is 0 Å². The summed E-state index contributed by atoms with van der Waals surface area (Å²) in [4.78, 5) is 5.16. The Hall–Kier alpha value is -5.08. The molecule has 5 heteroatoms. The summed E-state index contributed by atoms with van der Waals surface area (Å²) in [6.45, 7) is 0. The lowest BCUT2D eigenvalue weighted by molar-refractivity contribution is 0.477. The van der Waals surface area contributed by atoms with Gasteiger partial charge in [0.1, 0.15) is 0 Å². The second-order valence-corrected chi connectivity index (χ2v) is 19.4. The van der Waals surface area contributed by atoms with Crippen molar-refractivity contribution in [1.82, 2.24) is 0 Å². The monoisotopic (exact) mass is 650 g/mol. The van der Waals surface area contributed by atoms with E-state index in [-0.39, 0.29) is 0 Å². The Balaban J connectivity index is 1.34. The van der Waals surface area contributed by atoms with Gasteiger partial charge < -0.3 is 9.64 Å². The molecular formula is C42H28NOSSi2. The fraction of sp³-hybridized carbons (Fsp3) is 0. The standard InChI is InChI=1S/C42H28NOSSi2/c1-2-14-30(15-3-1)46-37-22-10-13-25-41(37)47(39-23-11-8-20-35(39)45-36-21-9-12-24-40(36)47)42-28-29(26-27-38(42)46)43-31-16-4-6-18-33(31)44-34-19-7-5-17-32(34)43/h1-28H. The van der Waals surface area contributed by atoms with Gasteiger partial charge in [0, 0.05) is 15.5 Å². The third-order valence-corrected chi connectivity index (χ3v) is 19.7. The summed E-state index contributed by atoms with van der Waals surface area (Å²) in [5, 5.41) is 10.5. The SMILES string of the molecule is c1ccc([Si]2c3ccccc3[Si]3(c4ccccc4Sc4ccccc43)c3cc(N4c5ccccc5Oc5ccccc54)ccc32)cc1. The molecule has 1 spiro atoms. The van der Waals surface area contributed by atoms with E-state index in [4.69, 9.17) is 4.74 Å². The highest BCUT2D eigenvalue weighted by molar-refractivity contribution is 8.00. The molecule has 0 aromatic heterocycles. The van der Waals surface area contributed by atoms with Gasteiger partial charge in [-0.3, -0.25) is 0 Å². The molecule has 0 saturated carbocycles. The normalized spacial score (nSPS) is 14.9. The molecule has 3 heterocycles. The van der Waals surface area contributed by atoms with Gasteiger partial charge >= 0.3 is 0 Å². The average molecular weight is 651 g/mol. The molecule has 0 unspecified atom stereocenters. The maximum absolute atomic E-state index is 6.44. The van der Waals surface area contributed by atoms with E-state index in [1.165, 1.54) is 51.8 Å². The predicted molar refractivity (Wildman–Crippen MR) is 200 cm³/mol. The van der Waals surface area contributed by atoms with Crippen LogP contribution in [0.1, 0.15) is 0 Å². The first-order valence-electron chi connectivity index (χ1n) is 16.0. The maximum Gasteiger partial charge on any atom is 0.181 e. The molecule has 0 saturated heterocycles. The van der Waals surface area contributed by atoms with Crippen molar-refractivity contribution in [3.8, 4) is 11.5 Å². The third kappa shape index (κ3) is 3.85. The van der Waals surface area contributed by atoms with Gasteiger partial charge in [-0.05, 0) is 69.3 Å². The predicted octanol–water partition coefficient (Wildman–Crippen LogP) is 5.93. The van der Waals surface area contributed by atoms with E-state index in [0.29, 0.717) is 0 Å². The Bertz CT molecular complexity index is 2270. The highest BCUT2D eigenvalue weighted by Gasteiger charge is 2.53. The Morgan fingerprint density at radius 3 is 1.68 bits per heavy atom. The molecule has 47 heavy (non-hydrogen) atoms. The van der Waals surface area contributed by atoms with Gasteiger partial charge in [-0.1, -0.05) is 149 Å². The lowest BCUT2D eigenvalue weighted by atomic mass is 10.1. The van der Waals surface area contributed by atoms with E-state index in [1.807, 2.05) is 11.8 Å². The van der Waals surface area contributed by atoms with E-state index < -0.39 is 16.9 Å². The van der Waals surface area contributed by atoms with Crippen molar-refractivity contribution in [3.63, 3.8) is 0 Å². The number of hydrogen-bond donors (Lipinski definition) is 0. The van der Waals surface area contributed by atoms with Crippen LogP contribution in [0.3, 0.4) is 0 Å². The summed E-state index contributed by atoms with van der Waals surface area (Å²) in [5.74, 6) is 1.75. The largest absolute Gasteiger partial charge is 0.453 e. The molecular weight excluding hydrogens is 623 g/mol. The molecule has 7 aromatic carbocycles. The first kappa shape index (κ1) is 27.1. The van der Waals surface area contributed by atoms with Crippen LogP contribution in [-0.2, 0) is 0 Å². The summed E-state index contributed by atoms with van der Waals surface area (Å²) in [6, 6.07) is 63.3. The molecule has 0 atom stereocenters. The first-order valence-corrected chi connectivity index (χ1v) is 20.3. The fourth-order valence-corrected chi connectivity index (χ4v) is 19.6. The van der Waals surface area contributed by atoms with Gasteiger partial charge in [0.25, 0.3) is 0 Å². The Labute approximate surface area is 281 Å². The van der Waals surface area contributed by atoms with Gasteiger partial charge in [0.2, 0.25) is 0 Å². The zero-order chi connectivity index (χ0) is 31.0. The van der Waals surface area contributed by atoms with Gasteiger partial charge in [-0.2, -0.15) is 0 Å². The second-order valence-electron chi connectivity index (χ2n) is 12.2. The van der Waals surface area contributed by atoms with Crippen molar-refractivity contribution in [1.29, 1.82) is 0 Å². The molecule has 221 valence electrons. The van der Waals surface area contributed by atoms with Gasteiger partial charge in [0.05, 0.1) is 11.4 Å². The zero-order valence-corrected chi connectivity index (χ0v) is 28.2. The van der Waals surface area contributed by atoms with Crippen molar-refractivity contribution in [2.75, 3.05) is 4.90 Å². The van der Waals surface area contributed by atoms with Crippen molar-refractivity contribution in [2.45, 2.75) is 9.79 Å². The van der Waals surface area contributed by atoms with Crippen LogP contribution in [0.25, 0.3) is 0 Å². The zero-order valence-electron chi connectivity index (χ0n) is 25.4. The molecule has 0 aliphatic carbocycles. The number of rotatable bonds is 2. The Morgan fingerprint density at radius 1 is 0.468 bits per heavy atom. The number of anilines is 3. The highest BCUT2D eigenvalue weighted by atomic mass is 32.2. The van der Waals surface area contributed by atoms with E-state index in [2.05, 4.69) is 175 Å². The Kier molecular flexibility index (Phi) is 6.03. The molecule has 0 bridgehead atoms. The van der Waals surface area contributed by atoms with Crippen LogP contribution in [0.5, 0.6) is 11.5 Å². The Morgan fingerprint density at radius 2 is 1.00 bits per heavy atom. The molecule has 3 aliphatic heterocycles. The van der Waals surface area contributed by atoms with Crippen molar-refractivity contribution in [2.24, 2.45) is 0 Å². The van der Waals surface area contributed by atoms with E-state index in [0.717, 1.165) is 22.9 Å². The number of fused-ring (bicyclic) bond motifs is 10. The summed E-state index contributed by atoms with van der Waals surface area (Å²) in [7, 11) is -4.06. The maximum atomic E-state index is 6.44. The fourth-order valence-electron chi connectivity index (χ4n) is 7.99. The van der Waals surface area contributed by atoms with Crippen LogP contribution in [0, 0.1) is 0 Å². The first-order chi connectivity index (χ1) is 23.3. The van der Waals surface area contributed by atoms with Gasteiger partial charge in [0.15, 0.2) is 28.4 Å². The van der Waals surface area contributed by atoms with Crippen LogP contribution in [0.2, 0.25) is 0 Å². The van der Waals surface area contributed by atoms with Crippen molar-refractivity contribution < 1.29 is 4.74 Å². The molecule has 0 fully saturated rings. The number of para-hydroxylation sites is 4. The van der Waals surface area contributed by atoms with Crippen LogP contribution in [0.4, 0.5) is 17.1 Å². The van der Waals surface area contributed by atoms with Gasteiger partial charge in [-0.15, -0.1) is 0 Å². The van der Waals surface area contributed by atoms with Crippen molar-refractivity contribution >= 4 is 82.0 Å². The summed E-state index contributed by atoms with van der Waals surface area (Å²) < 4.78 is 6.44. The minimum absolute atomic E-state index is 0.875. The molecule has 3 aliphatic rings. The third-order valence-electron chi connectivity index (χ3n) is 9.83. The lowest BCUT2D eigenvalue weighted by Gasteiger charge is -2.46. The summed E-state index contributed by atoms with van der Waals surface area (Å²) in [5.41, 5.74) is 3.29. The topological polar surface area (TPSA) is 12.5 Å². The molecule has 10 rings (SSSR count). The minimum Gasteiger partial charge on any atom is -0.453 e. The molecule has 7 aromatic rings. The minimum atomic E-state index is -2.76. The van der Waals surface area contributed by atoms with Crippen LogP contribution < -0.4 is 45.9 Å². The van der Waals surface area contributed by atoms with Crippen LogP contribution in [0.15, 0.2) is 180 Å². The van der Waals surface area contributed by atoms with E-state index >= 15 is 0 Å². The van der Waals surface area contributed by atoms with E-state index in [9.17, 15) is 0 Å². The van der Waals surface area contributed by atoms with Crippen LogP contribution in [-0.4, -0.2) is 16.9 Å². The summed E-state index contributed by atoms with van der Waals surface area (Å²) >= 11 is 1.93. The van der Waals surface area contributed by atoms with E-state index in [1.54, 1.807) is 0 Å². The molecule has 1 radical (unpaired) electrons. The average Bonchev–Trinajstić information content (AvgIpc) is 3.14. The number of hydrogen-bond acceptors (Lipinski definition) is 3. The quantitative estimate of drug-likeness (QED) is 0.215. The van der Waals surface area contributed by atoms with Crippen LogP contribution >= 0.6 is 11.8 Å². The molecule has 0 N–H and O–H groups in total. The second kappa shape index (κ2) is 10.5. The smallest absolute Gasteiger partial charge is 0.181 e. The lowest BCUT2D eigenvalue weighted by Crippen LogP contribution is -2.87. The number of ether oxygens (including phenoxy) is 1. The number of benzene rings is 7. The molecule has 0 amide bonds. The number of nitrogens with zero attached hydrogens (tertiary/aromatic N) is 1. The summed E-state index contributed by atoms with van der Waals surface area (Å²) in [6.07, 6.45) is 0. The highest BCUT2D eigenvalue weighted by Crippen LogP contribution is 2.50.